The van der Waals surface area contributed by atoms with Crippen molar-refractivity contribution in [2.24, 2.45) is 5.73 Å². The van der Waals surface area contributed by atoms with E-state index in [9.17, 15) is 0 Å². The molecule has 0 spiro atoms. The number of aryl methyl sites for hydroxylation is 1. The van der Waals surface area contributed by atoms with Gasteiger partial charge in [-0.3, -0.25) is 4.98 Å². The highest BCUT2D eigenvalue weighted by Gasteiger charge is 2.07. The Kier molecular flexibility index (Phi) is 5.12. The Bertz CT molecular complexity index is 286. The standard InChI is InChI=1S/C12H21N3/c1-3-4-8-15(9-6-13)12-5-7-14-10-11(12)2/h5,7,10H,3-4,6,8-9,13H2,1-2H3. The molecule has 1 rings (SSSR count). The summed E-state index contributed by atoms with van der Waals surface area (Å²) in [5.41, 5.74) is 8.12. The normalized spacial score (nSPS) is 10.3. The third-order valence-electron chi connectivity index (χ3n) is 2.51. The first kappa shape index (κ1) is 12.0. The highest BCUT2D eigenvalue weighted by atomic mass is 15.1. The molecule has 15 heavy (non-hydrogen) atoms. The molecule has 84 valence electrons. The Hall–Kier alpha value is -1.09. The van der Waals surface area contributed by atoms with Crippen LogP contribution in [-0.4, -0.2) is 24.6 Å². The molecule has 1 aromatic rings. The van der Waals surface area contributed by atoms with Gasteiger partial charge in [-0.2, -0.15) is 0 Å². The quantitative estimate of drug-likeness (QED) is 0.775. The van der Waals surface area contributed by atoms with Gasteiger partial charge in [0, 0.05) is 37.7 Å². The number of unbranched alkanes of at least 4 members (excludes halogenated alkanes) is 1. The summed E-state index contributed by atoms with van der Waals surface area (Å²) in [7, 11) is 0. The predicted molar refractivity (Wildman–Crippen MR) is 65.1 cm³/mol. The molecule has 0 fully saturated rings. The lowest BCUT2D eigenvalue weighted by Crippen LogP contribution is -2.30. The molecule has 0 atom stereocenters. The number of hydrogen-bond donors (Lipinski definition) is 1. The van der Waals surface area contributed by atoms with E-state index in [1.165, 1.54) is 24.1 Å². The van der Waals surface area contributed by atoms with Crippen LogP contribution in [0.15, 0.2) is 18.5 Å². The lowest BCUT2D eigenvalue weighted by molar-refractivity contribution is 0.713. The van der Waals surface area contributed by atoms with Gasteiger partial charge in [0.05, 0.1) is 0 Å². The van der Waals surface area contributed by atoms with E-state index >= 15 is 0 Å². The van der Waals surface area contributed by atoms with Gasteiger partial charge in [0.2, 0.25) is 0 Å². The maximum atomic E-state index is 5.63. The summed E-state index contributed by atoms with van der Waals surface area (Å²) in [5.74, 6) is 0. The van der Waals surface area contributed by atoms with Crippen LogP contribution in [0.5, 0.6) is 0 Å². The predicted octanol–water partition coefficient (Wildman–Crippen LogP) is 1.96. The SMILES string of the molecule is CCCCN(CCN)c1ccncc1C. The molecule has 1 heterocycles. The Balaban J connectivity index is 2.74. The van der Waals surface area contributed by atoms with Gasteiger partial charge in [0.1, 0.15) is 0 Å². The minimum atomic E-state index is 0.700. The van der Waals surface area contributed by atoms with E-state index in [0.29, 0.717) is 6.54 Å². The van der Waals surface area contributed by atoms with Crippen molar-refractivity contribution in [3.8, 4) is 0 Å². The molecule has 0 saturated heterocycles. The number of anilines is 1. The first-order valence-corrected chi connectivity index (χ1v) is 5.65. The molecule has 0 radical (unpaired) electrons. The van der Waals surface area contributed by atoms with Crippen LogP contribution >= 0.6 is 0 Å². The van der Waals surface area contributed by atoms with E-state index in [4.69, 9.17) is 5.73 Å². The molecular weight excluding hydrogens is 186 g/mol. The Morgan fingerprint density at radius 2 is 2.20 bits per heavy atom. The fourth-order valence-electron chi connectivity index (χ4n) is 1.68. The van der Waals surface area contributed by atoms with E-state index in [0.717, 1.165) is 13.1 Å². The molecule has 3 nitrogen and oxygen atoms in total. The Morgan fingerprint density at radius 3 is 2.80 bits per heavy atom. The first-order valence-electron chi connectivity index (χ1n) is 5.65. The van der Waals surface area contributed by atoms with E-state index < -0.39 is 0 Å². The summed E-state index contributed by atoms with van der Waals surface area (Å²) in [4.78, 5) is 6.46. The van der Waals surface area contributed by atoms with Gasteiger partial charge in [0.15, 0.2) is 0 Å². The number of nitrogens with two attached hydrogens (primary N) is 1. The number of nitrogens with zero attached hydrogens (tertiary/aromatic N) is 2. The van der Waals surface area contributed by atoms with E-state index in [-0.39, 0.29) is 0 Å². The fourth-order valence-corrected chi connectivity index (χ4v) is 1.68. The minimum absolute atomic E-state index is 0.700. The Morgan fingerprint density at radius 1 is 1.40 bits per heavy atom. The second-order valence-corrected chi connectivity index (χ2v) is 3.79. The van der Waals surface area contributed by atoms with E-state index in [1.54, 1.807) is 0 Å². The van der Waals surface area contributed by atoms with Gasteiger partial charge in [-0.1, -0.05) is 13.3 Å². The number of hydrogen-bond acceptors (Lipinski definition) is 3. The summed E-state index contributed by atoms with van der Waals surface area (Å²) in [5, 5.41) is 0. The zero-order chi connectivity index (χ0) is 11.1. The topological polar surface area (TPSA) is 42.1 Å². The first-order chi connectivity index (χ1) is 7.29. The van der Waals surface area contributed by atoms with Gasteiger partial charge in [-0.05, 0) is 25.0 Å². The highest BCUT2D eigenvalue weighted by molar-refractivity contribution is 5.51. The van der Waals surface area contributed by atoms with Crippen LogP contribution < -0.4 is 10.6 Å². The molecule has 1 aromatic heterocycles. The maximum Gasteiger partial charge on any atom is 0.0427 e. The van der Waals surface area contributed by atoms with Gasteiger partial charge in [-0.25, -0.2) is 0 Å². The molecule has 0 aromatic carbocycles. The van der Waals surface area contributed by atoms with Gasteiger partial charge in [-0.15, -0.1) is 0 Å². The molecule has 0 unspecified atom stereocenters. The van der Waals surface area contributed by atoms with Crippen molar-refractivity contribution in [2.45, 2.75) is 26.7 Å². The van der Waals surface area contributed by atoms with Gasteiger partial charge < -0.3 is 10.6 Å². The smallest absolute Gasteiger partial charge is 0.0427 e. The number of rotatable bonds is 6. The second-order valence-electron chi connectivity index (χ2n) is 3.79. The number of pyridine rings is 1. The third-order valence-corrected chi connectivity index (χ3v) is 2.51. The average Bonchev–Trinajstić information content (AvgIpc) is 2.25. The van der Waals surface area contributed by atoms with Crippen molar-refractivity contribution in [1.29, 1.82) is 0 Å². The van der Waals surface area contributed by atoms with Crippen LogP contribution in [0.1, 0.15) is 25.3 Å². The minimum Gasteiger partial charge on any atom is -0.370 e. The molecule has 0 aliphatic rings. The largest absolute Gasteiger partial charge is 0.370 e. The molecule has 0 amide bonds. The molecule has 3 heteroatoms. The van der Waals surface area contributed by atoms with E-state index in [1.807, 2.05) is 12.4 Å². The van der Waals surface area contributed by atoms with Crippen LogP contribution in [0.4, 0.5) is 5.69 Å². The van der Waals surface area contributed by atoms with Crippen molar-refractivity contribution in [1.82, 2.24) is 4.98 Å². The number of aromatic nitrogens is 1. The lowest BCUT2D eigenvalue weighted by Gasteiger charge is -2.25. The van der Waals surface area contributed by atoms with Crippen LogP contribution in [0.25, 0.3) is 0 Å². The van der Waals surface area contributed by atoms with Crippen LogP contribution in [-0.2, 0) is 0 Å². The summed E-state index contributed by atoms with van der Waals surface area (Å²) in [6, 6.07) is 2.07. The van der Waals surface area contributed by atoms with Crippen molar-refractivity contribution in [2.75, 3.05) is 24.5 Å². The molecule has 0 bridgehead atoms. The third kappa shape index (κ3) is 3.51. The fraction of sp³-hybridized carbons (Fsp3) is 0.583. The molecule has 0 aliphatic heterocycles. The summed E-state index contributed by atoms with van der Waals surface area (Å²) in [6.07, 6.45) is 6.18. The Labute approximate surface area is 92.3 Å². The summed E-state index contributed by atoms with van der Waals surface area (Å²) < 4.78 is 0. The zero-order valence-electron chi connectivity index (χ0n) is 9.74. The maximum absolute atomic E-state index is 5.63. The molecular formula is C12H21N3. The molecule has 0 saturated carbocycles. The van der Waals surface area contributed by atoms with Crippen molar-refractivity contribution >= 4 is 5.69 Å². The van der Waals surface area contributed by atoms with Crippen LogP contribution in [0, 0.1) is 6.92 Å². The van der Waals surface area contributed by atoms with E-state index in [2.05, 4.69) is 29.8 Å². The molecule has 0 aliphatic carbocycles. The van der Waals surface area contributed by atoms with Crippen molar-refractivity contribution < 1.29 is 0 Å². The summed E-state index contributed by atoms with van der Waals surface area (Å²) >= 11 is 0. The van der Waals surface area contributed by atoms with Gasteiger partial charge >= 0.3 is 0 Å². The van der Waals surface area contributed by atoms with Crippen LogP contribution in [0.2, 0.25) is 0 Å². The van der Waals surface area contributed by atoms with Crippen molar-refractivity contribution in [3.63, 3.8) is 0 Å². The lowest BCUT2D eigenvalue weighted by atomic mass is 10.2. The average molecular weight is 207 g/mol. The zero-order valence-corrected chi connectivity index (χ0v) is 9.74. The van der Waals surface area contributed by atoms with Crippen LogP contribution in [0.3, 0.4) is 0 Å². The molecule has 2 N–H and O–H groups in total. The monoisotopic (exact) mass is 207 g/mol. The second kappa shape index (κ2) is 6.40. The highest BCUT2D eigenvalue weighted by Crippen LogP contribution is 2.18. The summed E-state index contributed by atoms with van der Waals surface area (Å²) in [6.45, 7) is 7.01. The van der Waals surface area contributed by atoms with Gasteiger partial charge in [0.25, 0.3) is 0 Å². The van der Waals surface area contributed by atoms with Crippen molar-refractivity contribution in [3.05, 3.63) is 24.0 Å².